The summed E-state index contributed by atoms with van der Waals surface area (Å²) in [5.74, 6) is 1.41. The van der Waals surface area contributed by atoms with E-state index in [4.69, 9.17) is 9.47 Å². The first-order valence-electron chi connectivity index (χ1n) is 11.3. The van der Waals surface area contributed by atoms with E-state index < -0.39 is 0 Å². The number of carbonyl (C=O) groups excluding carboxylic acids is 1. The predicted molar refractivity (Wildman–Crippen MR) is 122 cm³/mol. The van der Waals surface area contributed by atoms with Gasteiger partial charge >= 0.3 is 0 Å². The molecule has 9 heteroatoms. The molecule has 0 atom stereocenters. The summed E-state index contributed by atoms with van der Waals surface area (Å²) in [6.07, 6.45) is 4.20. The summed E-state index contributed by atoms with van der Waals surface area (Å²) in [6, 6.07) is 5.30. The van der Waals surface area contributed by atoms with Crippen molar-refractivity contribution in [1.29, 1.82) is 0 Å². The van der Waals surface area contributed by atoms with Gasteiger partial charge in [0.15, 0.2) is 17.3 Å². The Kier molecular flexibility index (Phi) is 8.61. The van der Waals surface area contributed by atoms with E-state index in [1.54, 1.807) is 25.3 Å². The number of amides is 1. The van der Waals surface area contributed by atoms with E-state index in [2.05, 4.69) is 25.4 Å². The fourth-order valence-corrected chi connectivity index (χ4v) is 3.68. The number of likely N-dealkylation sites (tertiary alicyclic amines) is 1. The fraction of sp³-hybridized carbons (Fsp3) is 0.565. The standard InChI is InChI=1S/C23H33N5O4/c1-16(2)32-19-9-7-17(15-20(19)31-3)22-25-23(30)18(26-27-22)8-10-21(29)24-11-14-28-12-5-4-6-13-28/h7,9,15-16H,4-6,8,10-14H2,1-3H3,(H,24,29)(H,25,27,30). The minimum absolute atomic E-state index is 0.00982. The summed E-state index contributed by atoms with van der Waals surface area (Å²) in [5.41, 5.74) is 0.550. The number of aryl methyl sites for hydroxylation is 1. The van der Waals surface area contributed by atoms with Crippen LogP contribution in [0.1, 0.15) is 45.2 Å². The number of methoxy groups -OCH3 is 1. The Morgan fingerprint density at radius 1 is 1.19 bits per heavy atom. The Morgan fingerprint density at radius 2 is 1.97 bits per heavy atom. The summed E-state index contributed by atoms with van der Waals surface area (Å²) in [7, 11) is 1.56. The molecular weight excluding hydrogens is 410 g/mol. The zero-order valence-electron chi connectivity index (χ0n) is 19.1. The SMILES string of the molecule is COc1cc(-c2nnc(CCC(=O)NCCN3CCCCC3)c(=O)[nH]2)ccc1OC(C)C. The van der Waals surface area contributed by atoms with Crippen LogP contribution in [-0.2, 0) is 11.2 Å². The zero-order valence-corrected chi connectivity index (χ0v) is 19.1. The maximum atomic E-state index is 12.5. The van der Waals surface area contributed by atoms with Gasteiger partial charge in [-0.05, 0) is 58.0 Å². The third kappa shape index (κ3) is 6.78. The van der Waals surface area contributed by atoms with Crippen molar-refractivity contribution in [2.45, 2.75) is 52.1 Å². The van der Waals surface area contributed by atoms with Crippen molar-refractivity contribution in [2.24, 2.45) is 0 Å². The highest BCUT2D eigenvalue weighted by molar-refractivity contribution is 5.76. The van der Waals surface area contributed by atoms with Gasteiger partial charge in [0.2, 0.25) is 5.91 Å². The normalized spacial score (nSPS) is 14.4. The summed E-state index contributed by atoms with van der Waals surface area (Å²) >= 11 is 0. The van der Waals surface area contributed by atoms with Gasteiger partial charge in [0.25, 0.3) is 5.56 Å². The quantitative estimate of drug-likeness (QED) is 0.579. The monoisotopic (exact) mass is 443 g/mol. The molecule has 1 aliphatic heterocycles. The summed E-state index contributed by atoms with van der Waals surface area (Å²) in [4.78, 5) is 29.7. The summed E-state index contributed by atoms with van der Waals surface area (Å²) < 4.78 is 11.1. The van der Waals surface area contributed by atoms with E-state index in [0.29, 0.717) is 29.4 Å². The Morgan fingerprint density at radius 3 is 2.66 bits per heavy atom. The summed E-state index contributed by atoms with van der Waals surface area (Å²) in [6.45, 7) is 7.57. The second-order valence-electron chi connectivity index (χ2n) is 8.23. The first-order chi connectivity index (χ1) is 15.5. The molecule has 1 aliphatic rings. The molecule has 3 rings (SSSR count). The highest BCUT2D eigenvalue weighted by Crippen LogP contribution is 2.31. The third-order valence-electron chi connectivity index (χ3n) is 5.35. The first-order valence-corrected chi connectivity index (χ1v) is 11.3. The van der Waals surface area contributed by atoms with Gasteiger partial charge in [-0.2, -0.15) is 0 Å². The Hall–Kier alpha value is -2.94. The molecule has 2 aromatic rings. The number of rotatable bonds is 10. The third-order valence-corrected chi connectivity index (χ3v) is 5.35. The van der Waals surface area contributed by atoms with E-state index in [1.807, 2.05) is 13.8 Å². The van der Waals surface area contributed by atoms with Crippen LogP contribution >= 0.6 is 0 Å². The number of aromatic nitrogens is 3. The highest BCUT2D eigenvalue weighted by atomic mass is 16.5. The number of carbonyl (C=O) groups is 1. The van der Waals surface area contributed by atoms with Crippen LogP contribution in [-0.4, -0.2) is 65.4 Å². The van der Waals surface area contributed by atoms with Crippen molar-refractivity contribution in [3.05, 3.63) is 34.2 Å². The molecule has 174 valence electrons. The molecule has 1 aromatic heterocycles. The van der Waals surface area contributed by atoms with Crippen LogP contribution in [0.3, 0.4) is 0 Å². The average Bonchev–Trinajstić information content (AvgIpc) is 2.79. The number of nitrogens with one attached hydrogen (secondary N) is 2. The fourth-order valence-electron chi connectivity index (χ4n) is 3.68. The van der Waals surface area contributed by atoms with Crippen molar-refractivity contribution in [2.75, 3.05) is 33.3 Å². The lowest BCUT2D eigenvalue weighted by Gasteiger charge is -2.26. The van der Waals surface area contributed by atoms with Gasteiger partial charge in [-0.25, -0.2) is 0 Å². The topological polar surface area (TPSA) is 109 Å². The number of hydrogen-bond acceptors (Lipinski definition) is 7. The van der Waals surface area contributed by atoms with E-state index >= 15 is 0 Å². The van der Waals surface area contributed by atoms with Crippen LogP contribution in [0.5, 0.6) is 11.5 Å². The molecule has 1 saturated heterocycles. The summed E-state index contributed by atoms with van der Waals surface area (Å²) in [5, 5.41) is 11.1. The van der Waals surface area contributed by atoms with Crippen LogP contribution < -0.4 is 20.3 Å². The first kappa shape index (κ1) is 23.7. The molecule has 0 aliphatic carbocycles. The van der Waals surface area contributed by atoms with Crippen LogP contribution in [0.25, 0.3) is 11.4 Å². The van der Waals surface area contributed by atoms with Gasteiger partial charge in [0.05, 0.1) is 13.2 Å². The van der Waals surface area contributed by atoms with Gasteiger partial charge in [-0.15, -0.1) is 10.2 Å². The molecule has 0 saturated carbocycles. The number of nitrogens with zero attached hydrogens (tertiary/aromatic N) is 3. The van der Waals surface area contributed by atoms with Crippen molar-refractivity contribution in [3.8, 4) is 22.9 Å². The van der Waals surface area contributed by atoms with Crippen LogP contribution in [0, 0.1) is 0 Å². The zero-order chi connectivity index (χ0) is 22.9. The molecule has 1 aromatic carbocycles. The van der Waals surface area contributed by atoms with Crippen molar-refractivity contribution in [3.63, 3.8) is 0 Å². The molecule has 0 unspecified atom stereocenters. The highest BCUT2D eigenvalue weighted by Gasteiger charge is 2.13. The number of aromatic amines is 1. The lowest BCUT2D eigenvalue weighted by Crippen LogP contribution is -2.37. The molecule has 0 spiro atoms. The molecule has 2 N–H and O–H groups in total. The van der Waals surface area contributed by atoms with Crippen molar-refractivity contribution >= 4 is 5.91 Å². The van der Waals surface area contributed by atoms with Gasteiger partial charge in [0.1, 0.15) is 5.69 Å². The van der Waals surface area contributed by atoms with E-state index in [9.17, 15) is 9.59 Å². The maximum absolute atomic E-state index is 12.5. The van der Waals surface area contributed by atoms with E-state index in [1.165, 1.54) is 19.3 Å². The second-order valence-corrected chi connectivity index (χ2v) is 8.23. The minimum atomic E-state index is -0.349. The van der Waals surface area contributed by atoms with Crippen molar-refractivity contribution in [1.82, 2.24) is 25.4 Å². The number of ether oxygens (including phenoxy) is 2. The molecule has 1 fully saturated rings. The minimum Gasteiger partial charge on any atom is -0.493 e. The Bertz CT molecular complexity index is 954. The maximum Gasteiger partial charge on any atom is 0.273 e. The van der Waals surface area contributed by atoms with E-state index in [0.717, 1.165) is 19.6 Å². The lowest BCUT2D eigenvalue weighted by molar-refractivity contribution is -0.121. The molecule has 0 bridgehead atoms. The molecule has 0 radical (unpaired) electrons. The van der Waals surface area contributed by atoms with E-state index in [-0.39, 0.29) is 36.1 Å². The molecular formula is C23H33N5O4. The molecule has 2 heterocycles. The predicted octanol–water partition coefficient (Wildman–Crippen LogP) is 2.16. The number of hydrogen-bond donors (Lipinski definition) is 2. The lowest BCUT2D eigenvalue weighted by atomic mass is 10.1. The van der Waals surface area contributed by atoms with Gasteiger partial charge < -0.3 is 24.7 Å². The van der Waals surface area contributed by atoms with Crippen LogP contribution in [0.4, 0.5) is 0 Å². The second kappa shape index (κ2) is 11.6. The average molecular weight is 444 g/mol. The van der Waals surface area contributed by atoms with Gasteiger partial charge in [-0.3, -0.25) is 9.59 Å². The van der Waals surface area contributed by atoms with Crippen molar-refractivity contribution < 1.29 is 14.3 Å². The Balaban J connectivity index is 1.54. The smallest absolute Gasteiger partial charge is 0.273 e. The van der Waals surface area contributed by atoms with Crippen LogP contribution in [0.15, 0.2) is 23.0 Å². The van der Waals surface area contributed by atoms with Crippen LogP contribution in [0.2, 0.25) is 0 Å². The molecule has 32 heavy (non-hydrogen) atoms. The number of H-pyrrole nitrogens is 1. The number of benzene rings is 1. The molecule has 1 amide bonds. The van der Waals surface area contributed by atoms with Gasteiger partial charge in [0, 0.05) is 31.5 Å². The largest absolute Gasteiger partial charge is 0.493 e. The number of piperidine rings is 1. The molecule has 9 nitrogen and oxygen atoms in total. The van der Waals surface area contributed by atoms with Gasteiger partial charge in [-0.1, -0.05) is 6.42 Å². The Labute approximate surface area is 188 Å².